The summed E-state index contributed by atoms with van der Waals surface area (Å²) in [5.74, 6) is 0.410. The van der Waals surface area contributed by atoms with Crippen LogP contribution < -0.4 is 5.32 Å². The first-order valence-electron chi connectivity index (χ1n) is 8.30. The Morgan fingerprint density at radius 2 is 2.00 bits per heavy atom. The number of carbonyl (C=O) groups is 1. The summed E-state index contributed by atoms with van der Waals surface area (Å²) in [5.41, 5.74) is 3.02. The zero-order chi connectivity index (χ0) is 18.7. The second-order valence-corrected chi connectivity index (χ2v) is 8.43. The summed E-state index contributed by atoms with van der Waals surface area (Å²) < 4.78 is 24.7. The summed E-state index contributed by atoms with van der Waals surface area (Å²) >= 11 is 0. The summed E-state index contributed by atoms with van der Waals surface area (Å²) in [6.45, 7) is 3.52. The minimum Gasteiger partial charge on any atom is -0.351 e. The second-order valence-electron chi connectivity index (χ2n) is 5.95. The fourth-order valence-corrected chi connectivity index (χ4v) is 3.27. The average molecular weight is 372 g/mol. The molecule has 0 aliphatic rings. The number of hydrogen-bond donors (Lipinski definition) is 1. The first kappa shape index (κ1) is 18.1. The van der Waals surface area contributed by atoms with Crippen LogP contribution in [-0.4, -0.2) is 47.0 Å². The van der Waals surface area contributed by atoms with Crippen molar-refractivity contribution in [3.8, 4) is 11.1 Å². The molecule has 1 amide bonds. The Hall–Kier alpha value is -2.74. The van der Waals surface area contributed by atoms with Crippen LogP contribution in [0.3, 0.4) is 0 Å². The van der Waals surface area contributed by atoms with Crippen molar-refractivity contribution in [1.29, 1.82) is 0 Å². The fourth-order valence-electron chi connectivity index (χ4n) is 2.57. The number of hydrogen-bond acceptors (Lipinski definition) is 5. The molecule has 0 spiro atoms. The zero-order valence-electron chi connectivity index (χ0n) is 14.6. The van der Waals surface area contributed by atoms with Crippen molar-refractivity contribution >= 4 is 21.4 Å². The third-order valence-electron chi connectivity index (χ3n) is 4.03. The van der Waals surface area contributed by atoms with E-state index in [0.717, 1.165) is 16.8 Å². The molecule has 2 aromatic heterocycles. The molecule has 136 valence electrons. The highest BCUT2D eigenvalue weighted by Gasteiger charge is 2.11. The SMILES string of the molecule is CCS(=O)(=O)CCNC(=O)c1cccc(-c2ccc3nc(C)nn3c2)c1. The van der Waals surface area contributed by atoms with Crippen LogP contribution in [0.4, 0.5) is 0 Å². The lowest BCUT2D eigenvalue weighted by Gasteiger charge is -2.08. The molecule has 26 heavy (non-hydrogen) atoms. The van der Waals surface area contributed by atoms with Crippen LogP contribution in [0.25, 0.3) is 16.8 Å². The van der Waals surface area contributed by atoms with Gasteiger partial charge in [-0.3, -0.25) is 4.79 Å². The minimum atomic E-state index is -3.10. The van der Waals surface area contributed by atoms with E-state index >= 15 is 0 Å². The van der Waals surface area contributed by atoms with Crippen LogP contribution in [0.2, 0.25) is 0 Å². The van der Waals surface area contributed by atoms with Gasteiger partial charge >= 0.3 is 0 Å². The molecule has 0 fully saturated rings. The lowest BCUT2D eigenvalue weighted by molar-refractivity contribution is 0.0956. The van der Waals surface area contributed by atoms with Gasteiger partial charge in [-0.25, -0.2) is 17.9 Å². The van der Waals surface area contributed by atoms with Crippen molar-refractivity contribution in [2.45, 2.75) is 13.8 Å². The Morgan fingerprint density at radius 1 is 1.19 bits per heavy atom. The maximum atomic E-state index is 12.3. The zero-order valence-corrected chi connectivity index (χ0v) is 15.5. The van der Waals surface area contributed by atoms with E-state index in [1.165, 1.54) is 0 Å². The number of carbonyl (C=O) groups excluding carboxylic acids is 1. The summed E-state index contributed by atoms with van der Waals surface area (Å²) in [6.07, 6.45) is 1.86. The van der Waals surface area contributed by atoms with Gasteiger partial charge in [0.25, 0.3) is 5.91 Å². The highest BCUT2D eigenvalue weighted by molar-refractivity contribution is 7.91. The summed E-state index contributed by atoms with van der Waals surface area (Å²) in [5, 5.41) is 6.95. The van der Waals surface area contributed by atoms with Gasteiger partial charge in [0.05, 0.1) is 5.75 Å². The molecule has 0 saturated heterocycles. The Morgan fingerprint density at radius 3 is 2.77 bits per heavy atom. The van der Waals surface area contributed by atoms with Crippen LogP contribution in [-0.2, 0) is 9.84 Å². The van der Waals surface area contributed by atoms with Crippen LogP contribution >= 0.6 is 0 Å². The van der Waals surface area contributed by atoms with E-state index in [4.69, 9.17) is 0 Å². The maximum absolute atomic E-state index is 12.3. The van der Waals surface area contributed by atoms with Gasteiger partial charge in [0.15, 0.2) is 15.5 Å². The molecule has 8 heteroatoms. The van der Waals surface area contributed by atoms with Crippen LogP contribution in [0, 0.1) is 6.92 Å². The standard InChI is InChI=1S/C18H20N4O3S/c1-3-26(24,25)10-9-19-18(23)15-6-4-5-14(11-15)16-7-8-17-20-13(2)21-22(17)12-16/h4-8,11-12H,3,9-10H2,1-2H3,(H,19,23). The lowest BCUT2D eigenvalue weighted by Crippen LogP contribution is -2.29. The predicted octanol–water partition coefficient (Wildman–Crippen LogP) is 1.87. The molecular weight excluding hydrogens is 352 g/mol. The minimum absolute atomic E-state index is 0.0583. The normalized spacial score (nSPS) is 11.6. The quantitative estimate of drug-likeness (QED) is 0.713. The molecule has 1 N–H and O–H groups in total. The van der Waals surface area contributed by atoms with Gasteiger partial charge in [0.2, 0.25) is 0 Å². The van der Waals surface area contributed by atoms with E-state index in [1.807, 2.05) is 31.3 Å². The van der Waals surface area contributed by atoms with Gasteiger partial charge in [-0.05, 0) is 36.8 Å². The van der Waals surface area contributed by atoms with Gasteiger partial charge < -0.3 is 5.32 Å². The highest BCUT2D eigenvalue weighted by Crippen LogP contribution is 2.21. The highest BCUT2D eigenvalue weighted by atomic mass is 32.2. The van der Waals surface area contributed by atoms with E-state index in [0.29, 0.717) is 11.4 Å². The predicted molar refractivity (Wildman–Crippen MR) is 99.8 cm³/mol. The number of aromatic nitrogens is 3. The Bertz CT molecular complexity index is 1060. The number of fused-ring (bicyclic) bond motifs is 1. The molecule has 0 aliphatic carbocycles. The number of pyridine rings is 1. The number of aryl methyl sites for hydroxylation is 1. The van der Waals surface area contributed by atoms with Crippen molar-refractivity contribution in [3.63, 3.8) is 0 Å². The van der Waals surface area contributed by atoms with E-state index in [-0.39, 0.29) is 24.0 Å². The third kappa shape index (κ3) is 4.08. The molecule has 1 aromatic carbocycles. The van der Waals surface area contributed by atoms with Crippen molar-refractivity contribution in [3.05, 3.63) is 54.0 Å². The smallest absolute Gasteiger partial charge is 0.251 e. The molecule has 7 nitrogen and oxygen atoms in total. The Kier molecular flexibility index (Phi) is 5.03. The van der Waals surface area contributed by atoms with Gasteiger partial charge in [-0.2, -0.15) is 5.10 Å². The molecule has 0 aliphatic heterocycles. The second kappa shape index (κ2) is 7.25. The summed E-state index contributed by atoms with van der Waals surface area (Å²) in [7, 11) is -3.10. The van der Waals surface area contributed by atoms with Gasteiger partial charge in [-0.15, -0.1) is 0 Å². The third-order valence-corrected chi connectivity index (χ3v) is 5.74. The molecule has 3 aromatic rings. The number of rotatable bonds is 6. The van der Waals surface area contributed by atoms with Gasteiger partial charge in [0.1, 0.15) is 5.82 Å². The van der Waals surface area contributed by atoms with E-state index in [9.17, 15) is 13.2 Å². The van der Waals surface area contributed by atoms with Crippen molar-refractivity contribution in [2.24, 2.45) is 0 Å². The molecule has 0 unspecified atom stereocenters. The molecule has 3 rings (SSSR count). The maximum Gasteiger partial charge on any atom is 0.251 e. The van der Waals surface area contributed by atoms with Crippen LogP contribution in [0.15, 0.2) is 42.6 Å². The van der Waals surface area contributed by atoms with Gasteiger partial charge in [-0.1, -0.05) is 19.1 Å². The van der Waals surface area contributed by atoms with Crippen molar-refractivity contribution in [1.82, 2.24) is 19.9 Å². The summed E-state index contributed by atoms with van der Waals surface area (Å²) in [4.78, 5) is 16.6. The summed E-state index contributed by atoms with van der Waals surface area (Å²) in [6, 6.07) is 11.0. The topological polar surface area (TPSA) is 93.4 Å². The van der Waals surface area contributed by atoms with Crippen molar-refractivity contribution < 1.29 is 13.2 Å². The Labute approximate surface area is 152 Å². The lowest BCUT2D eigenvalue weighted by atomic mass is 10.0. The molecule has 0 atom stereocenters. The van der Waals surface area contributed by atoms with E-state index < -0.39 is 9.84 Å². The largest absolute Gasteiger partial charge is 0.351 e. The number of benzene rings is 1. The number of amides is 1. The fraction of sp³-hybridized carbons (Fsp3) is 0.278. The number of nitrogens with zero attached hydrogens (tertiary/aromatic N) is 3. The molecule has 2 heterocycles. The molecule has 0 bridgehead atoms. The first-order chi connectivity index (χ1) is 12.4. The number of nitrogens with one attached hydrogen (secondary N) is 1. The average Bonchev–Trinajstić information content (AvgIpc) is 3.00. The number of sulfone groups is 1. The molecule has 0 saturated carbocycles. The monoisotopic (exact) mass is 372 g/mol. The van der Waals surface area contributed by atoms with Crippen LogP contribution in [0.5, 0.6) is 0 Å². The Balaban J connectivity index is 1.77. The molecular formula is C18H20N4O3S. The van der Waals surface area contributed by atoms with Crippen LogP contribution in [0.1, 0.15) is 23.1 Å². The van der Waals surface area contributed by atoms with E-state index in [2.05, 4.69) is 15.4 Å². The first-order valence-corrected chi connectivity index (χ1v) is 10.1. The van der Waals surface area contributed by atoms with Gasteiger partial charge in [0, 0.05) is 29.6 Å². The van der Waals surface area contributed by atoms with E-state index in [1.54, 1.807) is 29.6 Å². The molecule has 0 radical (unpaired) electrons. The van der Waals surface area contributed by atoms with Crippen molar-refractivity contribution in [2.75, 3.05) is 18.1 Å².